The number of anilines is 1. The fraction of sp³-hybridized carbons (Fsp3) is 0.333. The summed E-state index contributed by atoms with van der Waals surface area (Å²) in [6, 6.07) is 7.60. The van der Waals surface area contributed by atoms with Crippen molar-refractivity contribution >= 4 is 16.7 Å². The predicted octanol–water partition coefficient (Wildman–Crippen LogP) is 1.81. The van der Waals surface area contributed by atoms with Gasteiger partial charge in [-0.05, 0) is 19.1 Å². The highest BCUT2D eigenvalue weighted by molar-refractivity contribution is 5.93. The molecule has 1 aromatic carbocycles. The van der Waals surface area contributed by atoms with E-state index in [1.54, 1.807) is 6.07 Å². The second-order valence-corrected chi connectivity index (χ2v) is 4.82. The Balaban J connectivity index is 2.32. The van der Waals surface area contributed by atoms with Gasteiger partial charge in [0.05, 0.1) is 18.9 Å². The Labute approximate surface area is 116 Å². The minimum absolute atomic E-state index is 0.0741. The van der Waals surface area contributed by atoms with Crippen LogP contribution >= 0.6 is 0 Å². The summed E-state index contributed by atoms with van der Waals surface area (Å²) < 4.78 is 10.6. The van der Waals surface area contributed by atoms with Crippen LogP contribution in [0.3, 0.4) is 0 Å². The van der Waals surface area contributed by atoms with E-state index in [9.17, 15) is 10.1 Å². The van der Waals surface area contributed by atoms with Crippen LogP contribution in [0.15, 0.2) is 27.4 Å². The van der Waals surface area contributed by atoms with Crippen molar-refractivity contribution in [2.75, 3.05) is 31.2 Å². The van der Waals surface area contributed by atoms with Crippen molar-refractivity contribution < 1.29 is 9.15 Å². The van der Waals surface area contributed by atoms with Gasteiger partial charge in [-0.3, -0.25) is 0 Å². The van der Waals surface area contributed by atoms with Gasteiger partial charge in [-0.1, -0.05) is 11.6 Å². The fourth-order valence-electron chi connectivity index (χ4n) is 2.51. The SMILES string of the molecule is Cc1ccc2oc(=O)c(C#N)c(N3CCOCC3)c2c1. The van der Waals surface area contributed by atoms with E-state index in [0.29, 0.717) is 37.6 Å². The first-order valence-corrected chi connectivity index (χ1v) is 6.51. The second-order valence-electron chi connectivity index (χ2n) is 4.82. The summed E-state index contributed by atoms with van der Waals surface area (Å²) in [5.41, 5.74) is 1.74. The molecule has 0 N–H and O–H groups in total. The first kappa shape index (κ1) is 12.7. The number of ether oxygens (including phenoxy) is 1. The van der Waals surface area contributed by atoms with E-state index in [1.807, 2.05) is 30.0 Å². The molecule has 2 heterocycles. The molecule has 5 nitrogen and oxygen atoms in total. The highest BCUT2D eigenvalue weighted by Crippen LogP contribution is 2.29. The second kappa shape index (κ2) is 4.99. The van der Waals surface area contributed by atoms with Crippen molar-refractivity contribution in [2.45, 2.75) is 6.92 Å². The molecule has 0 amide bonds. The highest BCUT2D eigenvalue weighted by Gasteiger charge is 2.21. The van der Waals surface area contributed by atoms with Crippen LogP contribution in [0.2, 0.25) is 0 Å². The molecular weight excluding hydrogens is 256 g/mol. The standard InChI is InChI=1S/C15H14N2O3/c1-10-2-3-13-11(8-10)14(12(9-16)15(18)20-13)17-4-6-19-7-5-17/h2-3,8H,4-7H2,1H3. The molecule has 1 aliphatic heterocycles. The molecule has 20 heavy (non-hydrogen) atoms. The molecule has 2 aromatic rings. The van der Waals surface area contributed by atoms with Crippen LogP contribution in [0.1, 0.15) is 11.1 Å². The molecule has 5 heteroatoms. The largest absolute Gasteiger partial charge is 0.422 e. The average molecular weight is 270 g/mol. The Bertz CT molecular complexity index is 752. The summed E-state index contributed by atoms with van der Waals surface area (Å²) >= 11 is 0. The minimum Gasteiger partial charge on any atom is -0.422 e. The van der Waals surface area contributed by atoms with Gasteiger partial charge in [-0.2, -0.15) is 5.26 Å². The van der Waals surface area contributed by atoms with E-state index in [2.05, 4.69) is 0 Å². The maximum atomic E-state index is 12.0. The number of fused-ring (bicyclic) bond motifs is 1. The predicted molar refractivity (Wildman–Crippen MR) is 75.0 cm³/mol. The fourth-order valence-corrected chi connectivity index (χ4v) is 2.51. The van der Waals surface area contributed by atoms with Gasteiger partial charge in [0.25, 0.3) is 0 Å². The number of hydrogen-bond donors (Lipinski definition) is 0. The van der Waals surface area contributed by atoms with E-state index in [4.69, 9.17) is 9.15 Å². The van der Waals surface area contributed by atoms with E-state index in [-0.39, 0.29) is 5.56 Å². The number of benzene rings is 1. The van der Waals surface area contributed by atoms with Crippen molar-refractivity contribution in [3.8, 4) is 6.07 Å². The van der Waals surface area contributed by atoms with Crippen LogP contribution in [0, 0.1) is 18.3 Å². The van der Waals surface area contributed by atoms with Gasteiger partial charge in [0.15, 0.2) is 5.56 Å². The Morgan fingerprint density at radius 3 is 2.75 bits per heavy atom. The number of morpholine rings is 1. The third kappa shape index (κ3) is 2.04. The van der Waals surface area contributed by atoms with Crippen molar-refractivity contribution in [2.24, 2.45) is 0 Å². The first-order chi connectivity index (χ1) is 9.70. The third-order valence-electron chi connectivity index (χ3n) is 3.47. The van der Waals surface area contributed by atoms with Crippen LogP contribution < -0.4 is 10.5 Å². The van der Waals surface area contributed by atoms with Crippen LogP contribution in [0.5, 0.6) is 0 Å². The van der Waals surface area contributed by atoms with E-state index in [0.717, 1.165) is 10.9 Å². The topological polar surface area (TPSA) is 66.5 Å². The number of rotatable bonds is 1. The smallest absolute Gasteiger partial charge is 0.356 e. The molecule has 1 aliphatic rings. The zero-order valence-corrected chi connectivity index (χ0v) is 11.2. The van der Waals surface area contributed by atoms with Gasteiger partial charge < -0.3 is 14.1 Å². The van der Waals surface area contributed by atoms with Gasteiger partial charge >= 0.3 is 5.63 Å². The first-order valence-electron chi connectivity index (χ1n) is 6.51. The third-order valence-corrected chi connectivity index (χ3v) is 3.47. The lowest BCUT2D eigenvalue weighted by Gasteiger charge is -2.30. The highest BCUT2D eigenvalue weighted by atomic mass is 16.5. The molecule has 1 aromatic heterocycles. The zero-order valence-electron chi connectivity index (χ0n) is 11.2. The molecule has 0 spiro atoms. The maximum Gasteiger partial charge on any atom is 0.356 e. The Morgan fingerprint density at radius 1 is 1.30 bits per heavy atom. The molecule has 0 saturated carbocycles. The molecule has 102 valence electrons. The molecule has 3 rings (SSSR count). The Kier molecular flexibility index (Phi) is 3.17. The van der Waals surface area contributed by atoms with Gasteiger partial charge in [0, 0.05) is 18.5 Å². The summed E-state index contributed by atoms with van der Waals surface area (Å²) in [6.07, 6.45) is 0. The molecule has 0 bridgehead atoms. The number of hydrogen-bond acceptors (Lipinski definition) is 5. The number of aryl methyl sites for hydroxylation is 1. The van der Waals surface area contributed by atoms with Crippen molar-refractivity contribution in [1.82, 2.24) is 0 Å². The van der Waals surface area contributed by atoms with Gasteiger partial charge in [0.2, 0.25) is 0 Å². The summed E-state index contributed by atoms with van der Waals surface area (Å²) in [5, 5.41) is 10.1. The Morgan fingerprint density at radius 2 is 2.05 bits per heavy atom. The van der Waals surface area contributed by atoms with E-state index in [1.165, 1.54) is 0 Å². The molecule has 1 saturated heterocycles. The summed E-state index contributed by atoms with van der Waals surface area (Å²) in [7, 11) is 0. The van der Waals surface area contributed by atoms with Crippen LogP contribution in [-0.4, -0.2) is 26.3 Å². The van der Waals surface area contributed by atoms with Crippen LogP contribution in [0.25, 0.3) is 11.0 Å². The van der Waals surface area contributed by atoms with Gasteiger partial charge in [0.1, 0.15) is 11.7 Å². The lowest BCUT2D eigenvalue weighted by atomic mass is 10.1. The molecule has 1 fully saturated rings. The number of nitriles is 1. The molecule has 0 atom stereocenters. The molecule has 0 aliphatic carbocycles. The van der Waals surface area contributed by atoms with Gasteiger partial charge in [-0.15, -0.1) is 0 Å². The molecule has 0 unspecified atom stereocenters. The summed E-state index contributed by atoms with van der Waals surface area (Å²) in [6.45, 7) is 4.50. The normalized spacial score (nSPS) is 15.3. The van der Waals surface area contributed by atoms with Crippen molar-refractivity contribution in [3.05, 3.63) is 39.7 Å². The number of nitrogens with zero attached hydrogens (tertiary/aromatic N) is 2. The van der Waals surface area contributed by atoms with Crippen LogP contribution in [-0.2, 0) is 4.74 Å². The lowest BCUT2D eigenvalue weighted by Crippen LogP contribution is -2.37. The average Bonchev–Trinajstić information content (AvgIpc) is 2.47. The van der Waals surface area contributed by atoms with E-state index >= 15 is 0 Å². The minimum atomic E-state index is -0.578. The summed E-state index contributed by atoms with van der Waals surface area (Å²) in [5.74, 6) is 0. The van der Waals surface area contributed by atoms with Crippen molar-refractivity contribution in [3.63, 3.8) is 0 Å². The molecule has 0 radical (unpaired) electrons. The Hall–Kier alpha value is -2.32. The van der Waals surface area contributed by atoms with E-state index < -0.39 is 5.63 Å². The zero-order chi connectivity index (χ0) is 14.1. The lowest BCUT2D eigenvalue weighted by molar-refractivity contribution is 0.123. The molecular formula is C15H14N2O3. The monoisotopic (exact) mass is 270 g/mol. The quantitative estimate of drug-likeness (QED) is 0.739. The van der Waals surface area contributed by atoms with Gasteiger partial charge in [-0.25, -0.2) is 4.79 Å². The summed E-state index contributed by atoms with van der Waals surface area (Å²) in [4.78, 5) is 14.0. The maximum absolute atomic E-state index is 12.0. The van der Waals surface area contributed by atoms with Crippen LogP contribution in [0.4, 0.5) is 5.69 Å². The van der Waals surface area contributed by atoms with Crippen molar-refractivity contribution in [1.29, 1.82) is 5.26 Å².